The number of hydrogen-bond donors (Lipinski definition) is 2. The van der Waals surface area contributed by atoms with E-state index in [2.05, 4.69) is 20.6 Å². The number of nitrogens with one attached hydrogen (secondary N) is 2. The van der Waals surface area contributed by atoms with Crippen molar-refractivity contribution in [2.45, 2.75) is 25.9 Å². The first kappa shape index (κ1) is 26.2. The zero-order valence-electron chi connectivity index (χ0n) is 21.0. The molecule has 0 atom stereocenters. The molecule has 2 N–H and O–H groups in total. The van der Waals surface area contributed by atoms with Crippen LogP contribution in [-0.2, 0) is 19.1 Å². The number of methoxy groups -OCH3 is 1. The molecule has 196 valence electrons. The Morgan fingerprint density at radius 3 is 2.62 bits per heavy atom. The van der Waals surface area contributed by atoms with E-state index in [-0.39, 0.29) is 17.7 Å². The lowest BCUT2D eigenvalue weighted by atomic mass is 10.1. The van der Waals surface area contributed by atoms with Crippen LogP contribution in [0, 0.1) is 5.82 Å². The number of carbonyl (C=O) groups excluding carboxylic acids is 2. The molecular weight excluding hydrogens is 481 g/mol. The molecular formula is C26H30FN5O5. The van der Waals surface area contributed by atoms with Gasteiger partial charge in [0.2, 0.25) is 11.8 Å². The van der Waals surface area contributed by atoms with Crippen molar-refractivity contribution in [3.8, 4) is 5.75 Å². The van der Waals surface area contributed by atoms with Crippen LogP contribution in [0.15, 0.2) is 42.7 Å². The van der Waals surface area contributed by atoms with Crippen LogP contribution in [-0.4, -0.2) is 72.3 Å². The van der Waals surface area contributed by atoms with Crippen LogP contribution in [0.25, 0.3) is 10.9 Å². The summed E-state index contributed by atoms with van der Waals surface area (Å²) in [7, 11) is 1.56. The van der Waals surface area contributed by atoms with Crippen molar-refractivity contribution in [3.63, 3.8) is 0 Å². The van der Waals surface area contributed by atoms with E-state index in [1.165, 1.54) is 12.4 Å². The van der Waals surface area contributed by atoms with Crippen LogP contribution >= 0.6 is 0 Å². The summed E-state index contributed by atoms with van der Waals surface area (Å²) < 4.78 is 30.9. The topological polar surface area (TPSA) is 115 Å². The minimum absolute atomic E-state index is 0.226. The minimum Gasteiger partial charge on any atom is -0.491 e. The fraction of sp³-hybridized carbons (Fsp3) is 0.385. The molecule has 10 nitrogen and oxygen atoms in total. The lowest BCUT2D eigenvalue weighted by Crippen LogP contribution is -2.51. The zero-order chi connectivity index (χ0) is 26.4. The van der Waals surface area contributed by atoms with Gasteiger partial charge in [0.15, 0.2) is 0 Å². The summed E-state index contributed by atoms with van der Waals surface area (Å²) in [6, 6.07) is 9.73. The lowest BCUT2D eigenvalue weighted by molar-refractivity contribution is -0.147. The summed E-state index contributed by atoms with van der Waals surface area (Å²) >= 11 is 0. The molecule has 1 aliphatic rings. The van der Waals surface area contributed by atoms with Crippen LogP contribution in [0.3, 0.4) is 0 Å². The Bertz CT molecular complexity index is 1270. The van der Waals surface area contributed by atoms with Crippen molar-refractivity contribution in [1.29, 1.82) is 0 Å². The number of anilines is 3. The number of halogens is 1. The predicted octanol–water partition coefficient (Wildman–Crippen LogP) is 3.50. The van der Waals surface area contributed by atoms with Gasteiger partial charge in [-0.25, -0.2) is 14.4 Å². The molecule has 11 heteroatoms. The number of aromatic nitrogens is 2. The van der Waals surface area contributed by atoms with E-state index < -0.39 is 17.3 Å². The van der Waals surface area contributed by atoms with E-state index in [0.717, 1.165) is 0 Å². The molecule has 0 bridgehead atoms. The molecule has 0 spiro atoms. The molecule has 0 saturated carbocycles. The van der Waals surface area contributed by atoms with E-state index in [1.54, 1.807) is 42.3 Å². The molecule has 4 rings (SSSR count). The normalized spacial score (nSPS) is 14.9. The number of hydrogen-bond acceptors (Lipinski definition) is 8. The number of fused-ring (bicyclic) bond motifs is 1. The number of carbonyl (C=O) groups is 2. The van der Waals surface area contributed by atoms with Crippen molar-refractivity contribution in [2.24, 2.45) is 0 Å². The Morgan fingerprint density at radius 1 is 1.14 bits per heavy atom. The average molecular weight is 512 g/mol. The molecule has 1 aliphatic heterocycles. The standard InChI is InChI=1S/C26H30FN5O5/c1-26(2)15-32(8-9-37-26)23(34)14-22(33)30-17-4-6-18(7-5-17)31-25-24-20(27)12-19(36-11-10-35-3)13-21(24)28-16-29-25/h4-7,12-13,16H,8-11,14-15H2,1-3H3,(H,30,33)(H,28,29,31). The monoisotopic (exact) mass is 511 g/mol. The van der Waals surface area contributed by atoms with Crippen LogP contribution < -0.4 is 15.4 Å². The quantitative estimate of drug-likeness (QED) is 0.331. The summed E-state index contributed by atoms with van der Waals surface area (Å²) in [4.78, 5) is 34.9. The second kappa shape index (κ2) is 11.5. The average Bonchev–Trinajstić information content (AvgIpc) is 2.84. The summed E-state index contributed by atoms with van der Waals surface area (Å²) in [5.74, 6) is -0.519. The number of rotatable bonds is 9. The third kappa shape index (κ3) is 6.89. The number of amides is 2. The molecule has 0 radical (unpaired) electrons. The highest BCUT2D eigenvalue weighted by Gasteiger charge is 2.30. The number of morpholine rings is 1. The van der Waals surface area contributed by atoms with Gasteiger partial charge in [-0.3, -0.25) is 9.59 Å². The first-order chi connectivity index (χ1) is 17.7. The van der Waals surface area contributed by atoms with Gasteiger partial charge in [0, 0.05) is 43.7 Å². The van der Waals surface area contributed by atoms with Gasteiger partial charge in [0.05, 0.1) is 29.7 Å². The fourth-order valence-electron chi connectivity index (χ4n) is 4.00. The van der Waals surface area contributed by atoms with Gasteiger partial charge in [-0.15, -0.1) is 0 Å². The van der Waals surface area contributed by atoms with Crippen LogP contribution in [0.2, 0.25) is 0 Å². The first-order valence-corrected chi connectivity index (χ1v) is 11.9. The molecule has 3 aromatic rings. The Hall–Kier alpha value is -3.83. The first-order valence-electron chi connectivity index (χ1n) is 11.9. The maximum absolute atomic E-state index is 14.9. The van der Waals surface area contributed by atoms with Gasteiger partial charge in [-0.05, 0) is 38.1 Å². The van der Waals surface area contributed by atoms with E-state index in [9.17, 15) is 14.0 Å². The molecule has 2 aromatic carbocycles. The fourth-order valence-corrected chi connectivity index (χ4v) is 4.00. The van der Waals surface area contributed by atoms with Crippen molar-refractivity contribution in [1.82, 2.24) is 14.9 Å². The van der Waals surface area contributed by atoms with Crippen molar-refractivity contribution in [3.05, 3.63) is 48.5 Å². The minimum atomic E-state index is -0.523. The third-order valence-electron chi connectivity index (χ3n) is 5.74. The molecule has 1 aromatic heterocycles. The smallest absolute Gasteiger partial charge is 0.233 e. The highest BCUT2D eigenvalue weighted by atomic mass is 19.1. The Kier molecular flexibility index (Phi) is 8.14. The number of benzene rings is 2. The van der Waals surface area contributed by atoms with Gasteiger partial charge in [0.1, 0.15) is 36.7 Å². The summed E-state index contributed by atoms with van der Waals surface area (Å²) in [5.41, 5.74) is 1.12. The second-order valence-corrected chi connectivity index (χ2v) is 9.21. The highest BCUT2D eigenvalue weighted by molar-refractivity contribution is 6.03. The van der Waals surface area contributed by atoms with Crippen molar-refractivity contribution >= 4 is 39.9 Å². The van der Waals surface area contributed by atoms with Gasteiger partial charge < -0.3 is 29.7 Å². The van der Waals surface area contributed by atoms with Crippen molar-refractivity contribution < 1.29 is 28.2 Å². The Balaban J connectivity index is 1.38. The maximum Gasteiger partial charge on any atom is 0.233 e. The van der Waals surface area contributed by atoms with Gasteiger partial charge in [-0.2, -0.15) is 0 Å². The highest BCUT2D eigenvalue weighted by Crippen LogP contribution is 2.29. The molecule has 2 heterocycles. The van der Waals surface area contributed by atoms with Crippen LogP contribution in [0.1, 0.15) is 20.3 Å². The molecule has 1 saturated heterocycles. The van der Waals surface area contributed by atoms with Crippen LogP contribution in [0.4, 0.5) is 21.6 Å². The van der Waals surface area contributed by atoms with E-state index in [0.29, 0.717) is 61.4 Å². The van der Waals surface area contributed by atoms with E-state index in [4.69, 9.17) is 14.2 Å². The molecule has 2 amide bonds. The number of nitrogens with zero attached hydrogens (tertiary/aromatic N) is 3. The molecule has 0 aliphatic carbocycles. The molecule has 37 heavy (non-hydrogen) atoms. The predicted molar refractivity (Wildman–Crippen MR) is 136 cm³/mol. The lowest BCUT2D eigenvalue weighted by Gasteiger charge is -2.38. The van der Waals surface area contributed by atoms with Gasteiger partial charge in [0.25, 0.3) is 0 Å². The SMILES string of the molecule is COCCOc1cc(F)c2c(Nc3ccc(NC(=O)CC(=O)N4CCOC(C)(C)C4)cc3)ncnc2c1. The Labute approximate surface area is 214 Å². The third-order valence-corrected chi connectivity index (χ3v) is 5.74. The zero-order valence-corrected chi connectivity index (χ0v) is 21.0. The van der Waals surface area contributed by atoms with E-state index >= 15 is 0 Å². The maximum atomic E-state index is 14.9. The Morgan fingerprint density at radius 2 is 1.89 bits per heavy atom. The largest absolute Gasteiger partial charge is 0.491 e. The van der Waals surface area contributed by atoms with Gasteiger partial charge in [-0.1, -0.05) is 0 Å². The second-order valence-electron chi connectivity index (χ2n) is 9.21. The van der Waals surface area contributed by atoms with E-state index in [1.807, 2.05) is 13.8 Å². The molecule has 1 fully saturated rings. The summed E-state index contributed by atoms with van der Waals surface area (Å²) in [6.45, 7) is 5.86. The van der Waals surface area contributed by atoms with Crippen LogP contribution in [0.5, 0.6) is 5.75 Å². The van der Waals surface area contributed by atoms with Gasteiger partial charge >= 0.3 is 0 Å². The summed E-state index contributed by atoms with van der Waals surface area (Å²) in [6.07, 6.45) is 1.09. The summed E-state index contributed by atoms with van der Waals surface area (Å²) in [5, 5.41) is 6.05. The molecule has 0 unspecified atom stereocenters. The number of ether oxygens (including phenoxy) is 3. The van der Waals surface area contributed by atoms with Crippen molar-refractivity contribution in [2.75, 3.05) is 50.7 Å².